The molecule has 6 heteroatoms. The van der Waals surface area contributed by atoms with Crippen LogP contribution in [0.3, 0.4) is 0 Å². The molecule has 0 unspecified atom stereocenters. The number of nitrogens with one attached hydrogen (secondary N) is 1. The minimum absolute atomic E-state index is 0.0430. The van der Waals surface area contributed by atoms with E-state index >= 15 is 0 Å². The molecule has 1 amide bonds. The number of benzene rings is 2. The molecule has 3 rings (SSSR count). The van der Waals surface area contributed by atoms with Gasteiger partial charge in [0.15, 0.2) is 0 Å². The van der Waals surface area contributed by atoms with Gasteiger partial charge in [0.05, 0.1) is 24.0 Å². The first kappa shape index (κ1) is 20.8. The first-order valence-electron chi connectivity index (χ1n) is 9.46. The SMILES string of the molecule is Cc1nn(Cc2ccccc2)c(Cl)c1/C=N\NC(=O)c1ccc(C(C)(C)C)cc1. The van der Waals surface area contributed by atoms with Gasteiger partial charge >= 0.3 is 0 Å². The summed E-state index contributed by atoms with van der Waals surface area (Å²) in [5, 5.41) is 9.03. The van der Waals surface area contributed by atoms with Crippen molar-refractivity contribution < 1.29 is 4.79 Å². The molecule has 2 aromatic carbocycles. The summed E-state index contributed by atoms with van der Waals surface area (Å²) in [6.45, 7) is 8.84. The highest BCUT2D eigenvalue weighted by molar-refractivity contribution is 6.32. The number of halogens is 1. The van der Waals surface area contributed by atoms with Crippen LogP contribution in [0, 0.1) is 6.92 Å². The molecule has 0 radical (unpaired) electrons. The fourth-order valence-corrected chi connectivity index (χ4v) is 3.20. The van der Waals surface area contributed by atoms with Crippen molar-refractivity contribution in [2.24, 2.45) is 5.10 Å². The summed E-state index contributed by atoms with van der Waals surface area (Å²) >= 11 is 6.47. The summed E-state index contributed by atoms with van der Waals surface area (Å²) in [7, 11) is 0. The Morgan fingerprint density at radius 1 is 1.14 bits per heavy atom. The molecule has 0 bridgehead atoms. The van der Waals surface area contributed by atoms with Crippen LogP contribution in [-0.2, 0) is 12.0 Å². The average Bonchev–Trinajstić information content (AvgIpc) is 2.95. The smallest absolute Gasteiger partial charge is 0.267 e. The van der Waals surface area contributed by atoms with E-state index in [0.29, 0.717) is 22.8 Å². The van der Waals surface area contributed by atoms with E-state index in [1.165, 1.54) is 11.8 Å². The molecule has 5 nitrogen and oxygen atoms in total. The Balaban J connectivity index is 1.68. The molecule has 0 fully saturated rings. The number of rotatable bonds is 5. The maximum absolute atomic E-state index is 12.3. The largest absolute Gasteiger partial charge is 0.271 e. The Hall–Kier alpha value is -2.92. The second-order valence-electron chi connectivity index (χ2n) is 7.96. The van der Waals surface area contributed by atoms with Crippen molar-refractivity contribution in [2.75, 3.05) is 0 Å². The van der Waals surface area contributed by atoms with E-state index in [0.717, 1.165) is 11.3 Å². The summed E-state index contributed by atoms with van der Waals surface area (Å²) in [4.78, 5) is 12.3. The summed E-state index contributed by atoms with van der Waals surface area (Å²) in [6, 6.07) is 17.5. The molecule has 0 saturated heterocycles. The summed E-state index contributed by atoms with van der Waals surface area (Å²) in [5.41, 5.74) is 6.86. The van der Waals surface area contributed by atoms with Gasteiger partial charge in [0.2, 0.25) is 0 Å². The van der Waals surface area contributed by atoms with Crippen LogP contribution in [0.15, 0.2) is 59.7 Å². The van der Waals surface area contributed by atoms with Gasteiger partial charge in [-0.05, 0) is 35.6 Å². The fourth-order valence-electron chi connectivity index (χ4n) is 2.92. The van der Waals surface area contributed by atoms with Crippen LogP contribution in [0.1, 0.15) is 53.5 Å². The van der Waals surface area contributed by atoms with Crippen molar-refractivity contribution in [1.29, 1.82) is 0 Å². The number of aromatic nitrogens is 2. The van der Waals surface area contributed by atoms with Gasteiger partial charge in [0.25, 0.3) is 5.91 Å². The first-order valence-corrected chi connectivity index (χ1v) is 9.84. The number of amides is 1. The molecule has 150 valence electrons. The molecule has 0 saturated carbocycles. The zero-order chi connectivity index (χ0) is 21.0. The van der Waals surface area contributed by atoms with Crippen molar-refractivity contribution in [3.63, 3.8) is 0 Å². The van der Waals surface area contributed by atoms with Crippen LogP contribution < -0.4 is 5.43 Å². The van der Waals surface area contributed by atoms with E-state index in [1.807, 2.05) is 61.5 Å². The number of hydrogen-bond acceptors (Lipinski definition) is 3. The van der Waals surface area contributed by atoms with Crippen LogP contribution >= 0.6 is 11.6 Å². The van der Waals surface area contributed by atoms with E-state index < -0.39 is 0 Å². The van der Waals surface area contributed by atoms with Crippen molar-refractivity contribution in [1.82, 2.24) is 15.2 Å². The van der Waals surface area contributed by atoms with Crippen molar-refractivity contribution in [2.45, 2.75) is 39.7 Å². The minimum atomic E-state index is -0.271. The average molecular weight is 409 g/mol. The molecule has 29 heavy (non-hydrogen) atoms. The molecule has 0 atom stereocenters. The Kier molecular flexibility index (Phi) is 6.18. The lowest BCUT2D eigenvalue weighted by atomic mass is 9.87. The first-order chi connectivity index (χ1) is 13.8. The van der Waals surface area contributed by atoms with Crippen LogP contribution in [0.2, 0.25) is 5.15 Å². The molecule has 0 spiro atoms. The van der Waals surface area contributed by atoms with Crippen LogP contribution in [-0.4, -0.2) is 21.9 Å². The third-order valence-electron chi connectivity index (χ3n) is 4.66. The van der Waals surface area contributed by atoms with Gasteiger partial charge in [-0.15, -0.1) is 0 Å². The van der Waals surface area contributed by atoms with Crippen LogP contribution in [0.25, 0.3) is 0 Å². The lowest BCUT2D eigenvalue weighted by Crippen LogP contribution is -2.18. The third kappa shape index (κ3) is 5.12. The van der Waals surface area contributed by atoms with E-state index in [1.54, 1.807) is 4.68 Å². The second-order valence-corrected chi connectivity index (χ2v) is 8.32. The molecule has 0 aliphatic rings. The highest BCUT2D eigenvalue weighted by Crippen LogP contribution is 2.22. The number of carbonyl (C=O) groups excluding carboxylic acids is 1. The highest BCUT2D eigenvalue weighted by Gasteiger charge is 2.15. The summed E-state index contributed by atoms with van der Waals surface area (Å²) in [6.07, 6.45) is 1.54. The molecule has 0 aliphatic carbocycles. The summed E-state index contributed by atoms with van der Waals surface area (Å²) in [5.74, 6) is -0.271. The van der Waals surface area contributed by atoms with Crippen molar-refractivity contribution in [3.8, 4) is 0 Å². The number of aryl methyl sites for hydroxylation is 1. The minimum Gasteiger partial charge on any atom is -0.267 e. The lowest BCUT2D eigenvalue weighted by molar-refractivity contribution is 0.0955. The predicted octanol–water partition coefficient (Wildman–Crippen LogP) is 4.95. The van der Waals surface area contributed by atoms with Gasteiger partial charge in [-0.25, -0.2) is 10.1 Å². The van der Waals surface area contributed by atoms with E-state index in [4.69, 9.17) is 11.6 Å². The number of hydrogen-bond donors (Lipinski definition) is 1. The second kappa shape index (κ2) is 8.62. The normalized spacial score (nSPS) is 11.8. The lowest BCUT2D eigenvalue weighted by Gasteiger charge is -2.18. The maximum atomic E-state index is 12.3. The fraction of sp³-hybridized carbons (Fsp3) is 0.261. The monoisotopic (exact) mass is 408 g/mol. The van der Waals surface area contributed by atoms with Gasteiger partial charge in [-0.1, -0.05) is 74.8 Å². The van der Waals surface area contributed by atoms with Crippen molar-refractivity contribution in [3.05, 3.63) is 87.7 Å². The molecule has 1 heterocycles. The highest BCUT2D eigenvalue weighted by atomic mass is 35.5. The van der Waals surface area contributed by atoms with Gasteiger partial charge in [0, 0.05) is 5.56 Å². The standard InChI is InChI=1S/C23H25ClN4O/c1-16-20(21(24)28(27-16)15-17-8-6-5-7-9-17)14-25-26-22(29)18-10-12-19(13-11-18)23(2,3)4/h5-14H,15H2,1-4H3,(H,26,29)/b25-14-. The zero-order valence-electron chi connectivity index (χ0n) is 17.1. The van der Waals surface area contributed by atoms with E-state index in [9.17, 15) is 4.79 Å². The van der Waals surface area contributed by atoms with Crippen molar-refractivity contribution >= 4 is 23.7 Å². The Morgan fingerprint density at radius 2 is 1.79 bits per heavy atom. The topological polar surface area (TPSA) is 59.3 Å². The Bertz CT molecular complexity index is 1020. The molecule has 1 N–H and O–H groups in total. The number of carbonyl (C=O) groups is 1. The maximum Gasteiger partial charge on any atom is 0.271 e. The number of hydrazone groups is 1. The molecule has 0 aliphatic heterocycles. The van der Waals surface area contributed by atoms with Gasteiger partial charge in [-0.3, -0.25) is 4.79 Å². The number of nitrogens with zero attached hydrogens (tertiary/aromatic N) is 3. The predicted molar refractivity (Wildman–Crippen MR) is 118 cm³/mol. The van der Waals surface area contributed by atoms with Crippen LogP contribution in [0.5, 0.6) is 0 Å². The van der Waals surface area contributed by atoms with Gasteiger partial charge in [-0.2, -0.15) is 10.2 Å². The Morgan fingerprint density at radius 3 is 2.41 bits per heavy atom. The quantitative estimate of drug-likeness (QED) is 0.479. The molecule has 1 aromatic heterocycles. The zero-order valence-corrected chi connectivity index (χ0v) is 17.9. The molecular weight excluding hydrogens is 384 g/mol. The van der Waals surface area contributed by atoms with E-state index in [-0.39, 0.29) is 11.3 Å². The molecular formula is C23H25ClN4O. The summed E-state index contributed by atoms with van der Waals surface area (Å²) < 4.78 is 1.72. The molecule has 3 aromatic rings. The van der Waals surface area contributed by atoms with Crippen LogP contribution in [0.4, 0.5) is 0 Å². The van der Waals surface area contributed by atoms with Gasteiger partial charge in [0.1, 0.15) is 5.15 Å². The van der Waals surface area contributed by atoms with E-state index in [2.05, 4.69) is 36.4 Å². The Labute approximate surface area is 176 Å². The van der Waals surface area contributed by atoms with Gasteiger partial charge < -0.3 is 0 Å². The third-order valence-corrected chi connectivity index (χ3v) is 5.06.